The van der Waals surface area contributed by atoms with E-state index in [-0.39, 0.29) is 11.9 Å². The Balaban J connectivity index is 1.33. The quantitative estimate of drug-likeness (QED) is 0.853. The van der Waals surface area contributed by atoms with Crippen LogP contribution in [0.5, 0.6) is 0 Å². The van der Waals surface area contributed by atoms with Crippen LogP contribution >= 0.6 is 11.6 Å². The van der Waals surface area contributed by atoms with Crippen molar-refractivity contribution in [3.8, 4) is 0 Å². The molecule has 1 N–H and O–H groups in total. The first-order valence-electron chi connectivity index (χ1n) is 9.70. The Labute approximate surface area is 159 Å². The number of benzene rings is 1. The van der Waals surface area contributed by atoms with Crippen molar-refractivity contribution in [3.63, 3.8) is 0 Å². The van der Waals surface area contributed by atoms with Gasteiger partial charge in [-0.1, -0.05) is 24.1 Å². The second-order valence-corrected chi connectivity index (χ2v) is 8.32. The molecule has 3 aliphatic rings. The number of nitrogens with zero attached hydrogens (tertiary/aromatic N) is 2. The molecule has 1 aromatic carbocycles. The molecule has 3 fully saturated rings. The van der Waals surface area contributed by atoms with Crippen molar-refractivity contribution in [2.24, 2.45) is 17.8 Å². The fraction of sp³-hybridized carbons (Fsp3) is 0.600. The molecule has 6 heteroatoms. The summed E-state index contributed by atoms with van der Waals surface area (Å²) in [5, 5.41) is 3.50. The van der Waals surface area contributed by atoms with Gasteiger partial charge in [0.25, 0.3) is 0 Å². The van der Waals surface area contributed by atoms with E-state index in [1.54, 1.807) is 17.0 Å². The Hall–Kier alpha value is -1.75. The van der Waals surface area contributed by atoms with E-state index >= 15 is 0 Å². The van der Waals surface area contributed by atoms with Gasteiger partial charge < -0.3 is 15.1 Å². The molecule has 3 atom stereocenters. The van der Waals surface area contributed by atoms with Crippen molar-refractivity contribution >= 4 is 29.2 Å². The standard InChI is InChI=1S/C20H26ClN3O2/c21-16-3-1-4-17(13-16)22-20(26)24-8-2-7-23(9-10-24)19(25)18-12-14-5-6-15(18)11-14/h1,3-4,13-15,18H,2,5-12H2,(H,22,26). The number of hydrogen-bond acceptors (Lipinski definition) is 2. The molecule has 3 amide bonds. The van der Waals surface area contributed by atoms with Crippen molar-refractivity contribution in [2.45, 2.75) is 32.1 Å². The highest BCUT2D eigenvalue weighted by Crippen LogP contribution is 2.48. The molecule has 0 aromatic heterocycles. The summed E-state index contributed by atoms with van der Waals surface area (Å²) in [5.41, 5.74) is 0.696. The Morgan fingerprint density at radius 3 is 2.58 bits per heavy atom. The lowest BCUT2D eigenvalue weighted by atomic mass is 9.87. The van der Waals surface area contributed by atoms with Crippen LogP contribution in [0.3, 0.4) is 0 Å². The van der Waals surface area contributed by atoms with E-state index in [4.69, 9.17) is 11.6 Å². The Bertz CT molecular complexity index is 695. The van der Waals surface area contributed by atoms with E-state index in [9.17, 15) is 9.59 Å². The van der Waals surface area contributed by atoms with Crippen LogP contribution in [0.1, 0.15) is 32.1 Å². The predicted octanol–water partition coefficient (Wildman–Crippen LogP) is 3.84. The van der Waals surface area contributed by atoms with E-state index in [1.807, 2.05) is 17.0 Å². The molecule has 0 spiro atoms. The van der Waals surface area contributed by atoms with Crippen molar-refractivity contribution in [1.29, 1.82) is 0 Å². The number of carbonyl (C=O) groups is 2. The average molecular weight is 376 g/mol. The van der Waals surface area contributed by atoms with Gasteiger partial charge in [-0.05, 0) is 55.7 Å². The fourth-order valence-electron chi connectivity index (χ4n) is 4.89. The van der Waals surface area contributed by atoms with E-state index in [2.05, 4.69) is 5.32 Å². The molecule has 1 aromatic rings. The van der Waals surface area contributed by atoms with E-state index in [0.29, 0.717) is 42.2 Å². The first-order chi connectivity index (χ1) is 12.6. The smallest absolute Gasteiger partial charge is 0.321 e. The third kappa shape index (κ3) is 3.68. The number of rotatable bonds is 2. The van der Waals surface area contributed by atoms with Crippen LogP contribution in [0.4, 0.5) is 10.5 Å². The van der Waals surface area contributed by atoms with Crippen LogP contribution in [0.15, 0.2) is 24.3 Å². The molecule has 3 unspecified atom stereocenters. The van der Waals surface area contributed by atoms with Gasteiger partial charge in [0.2, 0.25) is 5.91 Å². The van der Waals surface area contributed by atoms with Crippen molar-refractivity contribution in [2.75, 3.05) is 31.5 Å². The van der Waals surface area contributed by atoms with Gasteiger partial charge in [-0.15, -0.1) is 0 Å². The monoisotopic (exact) mass is 375 g/mol. The minimum absolute atomic E-state index is 0.124. The lowest BCUT2D eigenvalue weighted by molar-refractivity contribution is -0.137. The summed E-state index contributed by atoms with van der Waals surface area (Å²) >= 11 is 5.97. The first-order valence-corrected chi connectivity index (χ1v) is 10.1. The van der Waals surface area contributed by atoms with Crippen LogP contribution in [-0.2, 0) is 4.79 Å². The summed E-state index contributed by atoms with van der Waals surface area (Å²) in [6.07, 6.45) is 5.70. The summed E-state index contributed by atoms with van der Waals surface area (Å²) < 4.78 is 0. The van der Waals surface area contributed by atoms with Crippen molar-refractivity contribution in [3.05, 3.63) is 29.3 Å². The number of carbonyl (C=O) groups excluding carboxylic acids is 2. The number of anilines is 1. The summed E-state index contributed by atoms with van der Waals surface area (Å²) in [6.45, 7) is 2.65. The maximum Gasteiger partial charge on any atom is 0.321 e. The Morgan fingerprint density at radius 1 is 1.04 bits per heavy atom. The molecule has 5 nitrogen and oxygen atoms in total. The topological polar surface area (TPSA) is 52.7 Å². The van der Waals surface area contributed by atoms with Gasteiger partial charge in [0.1, 0.15) is 0 Å². The minimum Gasteiger partial charge on any atom is -0.341 e. The van der Waals surface area contributed by atoms with Gasteiger partial charge in [0, 0.05) is 42.8 Å². The van der Waals surface area contributed by atoms with Crippen LogP contribution in [-0.4, -0.2) is 47.9 Å². The lowest BCUT2D eigenvalue weighted by Crippen LogP contribution is -2.42. The molecule has 2 aliphatic carbocycles. The molecule has 0 radical (unpaired) electrons. The fourth-order valence-corrected chi connectivity index (χ4v) is 5.08. The average Bonchev–Trinajstić information content (AvgIpc) is 3.17. The SMILES string of the molecule is O=C(Nc1cccc(Cl)c1)N1CCCN(C(=O)C2CC3CCC2C3)CC1. The lowest BCUT2D eigenvalue weighted by Gasteiger charge is -2.28. The van der Waals surface area contributed by atoms with Gasteiger partial charge in [0.05, 0.1) is 0 Å². The number of urea groups is 1. The Morgan fingerprint density at radius 2 is 1.85 bits per heavy atom. The van der Waals surface area contributed by atoms with Gasteiger partial charge in [-0.3, -0.25) is 4.79 Å². The summed E-state index contributed by atoms with van der Waals surface area (Å²) in [4.78, 5) is 29.3. The highest BCUT2D eigenvalue weighted by Gasteiger charge is 2.44. The number of amides is 3. The normalized spacial score (nSPS) is 28.1. The molecular formula is C20H26ClN3O2. The predicted molar refractivity (Wildman–Crippen MR) is 102 cm³/mol. The second-order valence-electron chi connectivity index (χ2n) is 7.89. The molecule has 140 valence electrons. The Kier molecular flexibility index (Phi) is 5.07. The molecule has 26 heavy (non-hydrogen) atoms. The van der Waals surface area contributed by atoms with E-state index in [1.165, 1.54) is 19.3 Å². The zero-order valence-electron chi connectivity index (χ0n) is 15.0. The minimum atomic E-state index is -0.124. The summed E-state index contributed by atoms with van der Waals surface area (Å²) in [6, 6.07) is 7.04. The molecule has 2 bridgehead atoms. The van der Waals surface area contributed by atoms with Crippen molar-refractivity contribution in [1.82, 2.24) is 9.80 Å². The summed E-state index contributed by atoms with van der Waals surface area (Å²) in [7, 11) is 0. The van der Waals surface area contributed by atoms with Gasteiger partial charge >= 0.3 is 6.03 Å². The molecule has 4 rings (SSSR count). The van der Waals surface area contributed by atoms with Crippen LogP contribution < -0.4 is 5.32 Å². The maximum absolute atomic E-state index is 12.9. The third-order valence-electron chi connectivity index (χ3n) is 6.23. The molecular weight excluding hydrogens is 350 g/mol. The van der Waals surface area contributed by atoms with E-state index < -0.39 is 0 Å². The highest BCUT2D eigenvalue weighted by atomic mass is 35.5. The second kappa shape index (κ2) is 7.47. The first kappa shape index (κ1) is 17.7. The maximum atomic E-state index is 12.9. The van der Waals surface area contributed by atoms with Crippen LogP contribution in [0.25, 0.3) is 0 Å². The molecule has 1 heterocycles. The zero-order chi connectivity index (χ0) is 18.1. The third-order valence-corrected chi connectivity index (χ3v) is 6.46. The van der Waals surface area contributed by atoms with Crippen LogP contribution in [0.2, 0.25) is 5.02 Å². The number of fused-ring (bicyclic) bond motifs is 2. The number of nitrogens with one attached hydrogen (secondary N) is 1. The van der Waals surface area contributed by atoms with Crippen molar-refractivity contribution < 1.29 is 9.59 Å². The largest absolute Gasteiger partial charge is 0.341 e. The van der Waals surface area contributed by atoms with Gasteiger partial charge in [-0.25, -0.2) is 4.79 Å². The zero-order valence-corrected chi connectivity index (χ0v) is 15.8. The molecule has 1 saturated heterocycles. The summed E-state index contributed by atoms with van der Waals surface area (Å²) in [5.74, 6) is 1.95. The molecule has 2 saturated carbocycles. The van der Waals surface area contributed by atoms with Gasteiger partial charge in [-0.2, -0.15) is 0 Å². The van der Waals surface area contributed by atoms with Gasteiger partial charge in [0.15, 0.2) is 0 Å². The number of halogens is 1. The number of hydrogen-bond donors (Lipinski definition) is 1. The van der Waals surface area contributed by atoms with E-state index in [0.717, 1.165) is 25.3 Å². The highest BCUT2D eigenvalue weighted by molar-refractivity contribution is 6.30. The molecule has 1 aliphatic heterocycles. The van der Waals surface area contributed by atoms with Crippen LogP contribution in [0, 0.1) is 17.8 Å².